The second-order valence-corrected chi connectivity index (χ2v) is 7.37. The number of carbonyl (C=O) groups is 1. The molecule has 1 aliphatic carbocycles. The summed E-state index contributed by atoms with van der Waals surface area (Å²) in [4.78, 5) is 14.8. The van der Waals surface area contributed by atoms with Crippen LogP contribution in [0.2, 0.25) is 0 Å². The first kappa shape index (κ1) is 17.4. The third-order valence-corrected chi connectivity index (χ3v) is 5.52. The Bertz CT molecular complexity index is 515. The number of piperidine rings is 1. The maximum Gasteiger partial charge on any atom is 0.223 e. The maximum absolute atomic E-state index is 12.4. The van der Waals surface area contributed by atoms with E-state index in [1.807, 2.05) is 12.1 Å². The second kappa shape index (κ2) is 8.63. The summed E-state index contributed by atoms with van der Waals surface area (Å²) in [5.74, 6) is 0.564. The predicted molar refractivity (Wildman–Crippen MR) is 95.4 cm³/mol. The molecule has 2 N–H and O–H groups in total. The van der Waals surface area contributed by atoms with Crippen LogP contribution >= 0.6 is 0 Å². The van der Waals surface area contributed by atoms with Crippen molar-refractivity contribution in [1.82, 2.24) is 10.2 Å². The van der Waals surface area contributed by atoms with Crippen LogP contribution in [0.3, 0.4) is 0 Å². The summed E-state index contributed by atoms with van der Waals surface area (Å²) < 4.78 is 0. The average Bonchev–Trinajstić information content (AvgIpc) is 2.65. The van der Waals surface area contributed by atoms with Crippen molar-refractivity contribution >= 4 is 5.91 Å². The van der Waals surface area contributed by atoms with Crippen molar-refractivity contribution in [2.24, 2.45) is 5.92 Å². The molecule has 1 amide bonds. The number of amides is 1. The van der Waals surface area contributed by atoms with E-state index in [9.17, 15) is 4.79 Å². The topological polar surface area (TPSA) is 52.6 Å². The van der Waals surface area contributed by atoms with Crippen molar-refractivity contribution in [2.45, 2.75) is 64.1 Å². The summed E-state index contributed by atoms with van der Waals surface area (Å²) in [5.41, 5.74) is 2.25. The van der Waals surface area contributed by atoms with Gasteiger partial charge in [-0.1, -0.05) is 43.5 Å². The molecule has 0 spiro atoms. The van der Waals surface area contributed by atoms with E-state index >= 15 is 0 Å². The molecule has 0 atom stereocenters. The fourth-order valence-corrected chi connectivity index (χ4v) is 3.93. The van der Waals surface area contributed by atoms with Crippen LogP contribution in [-0.2, 0) is 17.9 Å². The molecule has 1 saturated carbocycles. The number of aliphatic hydroxyl groups is 1. The van der Waals surface area contributed by atoms with Crippen LogP contribution in [0.25, 0.3) is 0 Å². The number of aliphatic hydroxyl groups excluding tert-OH is 1. The lowest BCUT2D eigenvalue weighted by Crippen LogP contribution is -2.46. The minimum Gasteiger partial charge on any atom is -0.392 e. The molecular weight excluding hydrogens is 300 g/mol. The minimum absolute atomic E-state index is 0.104. The Labute approximate surface area is 145 Å². The Kier molecular flexibility index (Phi) is 6.27. The number of carbonyl (C=O) groups excluding carboxylic acids is 1. The maximum atomic E-state index is 12.4. The third-order valence-electron chi connectivity index (χ3n) is 5.52. The average molecular weight is 330 g/mol. The van der Waals surface area contributed by atoms with E-state index in [4.69, 9.17) is 5.11 Å². The number of nitrogens with zero attached hydrogens (tertiary/aromatic N) is 1. The normalized spacial score (nSPS) is 20.9. The summed E-state index contributed by atoms with van der Waals surface area (Å²) in [6, 6.07) is 8.54. The second-order valence-electron chi connectivity index (χ2n) is 7.37. The molecule has 0 bridgehead atoms. The third kappa shape index (κ3) is 4.81. The predicted octanol–water partition coefficient (Wildman–Crippen LogP) is 2.84. The van der Waals surface area contributed by atoms with Crippen molar-refractivity contribution < 1.29 is 9.90 Å². The Morgan fingerprint density at radius 1 is 1.00 bits per heavy atom. The van der Waals surface area contributed by atoms with Crippen LogP contribution in [0, 0.1) is 5.92 Å². The minimum atomic E-state index is 0.104. The zero-order valence-corrected chi connectivity index (χ0v) is 14.5. The first-order chi connectivity index (χ1) is 11.7. The van der Waals surface area contributed by atoms with Gasteiger partial charge in [-0.25, -0.2) is 0 Å². The summed E-state index contributed by atoms with van der Waals surface area (Å²) in [7, 11) is 0. The monoisotopic (exact) mass is 330 g/mol. The molecule has 2 fully saturated rings. The van der Waals surface area contributed by atoms with Gasteiger partial charge in [-0.3, -0.25) is 9.69 Å². The Balaban J connectivity index is 1.41. The van der Waals surface area contributed by atoms with Crippen molar-refractivity contribution in [2.75, 3.05) is 13.1 Å². The number of nitrogens with one attached hydrogen (secondary N) is 1. The van der Waals surface area contributed by atoms with Crippen LogP contribution in [0.4, 0.5) is 0 Å². The lowest BCUT2D eigenvalue weighted by atomic mass is 9.88. The van der Waals surface area contributed by atoms with Gasteiger partial charge in [-0.15, -0.1) is 0 Å². The zero-order chi connectivity index (χ0) is 16.8. The van der Waals surface area contributed by atoms with Crippen molar-refractivity contribution in [3.05, 3.63) is 35.4 Å². The number of hydrogen-bond donors (Lipinski definition) is 2. The van der Waals surface area contributed by atoms with Crippen LogP contribution in [0.15, 0.2) is 24.3 Å². The number of likely N-dealkylation sites (tertiary alicyclic amines) is 1. The number of rotatable bonds is 5. The van der Waals surface area contributed by atoms with Gasteiger partial charge in [0.05, 0.1) is 6.61 Å². The molecule has 2 aliphatic rings. The Morgan fingerprint density at radius 3 is 2.25 bits per heavy atom. The fraction of sp³-hybridized carbons (Fsp3) is 0.650. The highest BCUT2D eigenvalue weighted by Gasteiger charge is 2.25. The molecular formula is C20H30N2O2. The van der Waals surface area contributed by atoms with Gasteiger partial charge in [0.1, 0.15) is 0 Å². The molecule has 0 unspecified atom stereocenters. The molecule has 3 rings (SSSR count). The van der Waals surface area contributed by atoms with E-state index in [0.29, 0.717) is 11.9 Å². The smallest absolute Gasteiger partial charge is 0.223 e. The van der Waals surface area contributed by atoms with E-state index in [-0.39, 0.29) is 12.5 Å². The van der Waals surface area contributed by atoms with Gasteiger partial charge in [-0.05, 0) is 36.8 Å². The van der Waals surface area contributed by atoms with Crippen molar-refractivity contribution in [3.63, 3.8) is 0 Å². The Hall–Kier alpha value is -1.39. The molecule has 24 heavy (non-hydrogen) atoms. The molecule has 0 radical (unpaired) electrons. The molecule has 4 heteroatoms. The molecule has 1 saturated heterocycles. The number of hydrogen-bond acceptors (Lipinski definition) is 3. The van der Waals surface area contributed by atoms with E-state index in [2.05, 4.69) is 22.3 Å². The highest BCUT2D eigenvalue weighted by molar-refractivity contribution is 5.79. The zero-order valence-electron chi connectivity index (χ0n) is 14.5. The van der Waals surface area contributed by atoms with Gasteiger partial charge in [0, 0.05) is 31.6 Å². The molecule has 0 aromatic heterocycles. The molecule has 1 aliphatic heterocycles. The van der Waals surface area contributed by atoms with Crippen molar-refractivity contribution in [3.8, 4) is 0 Å². The Morgan fingerprint density at radius 2 is 1.62 bits per heavy atom. The molecule has 132 valence electrons. The molecule has 1 heterocycles. The van der Waals surface area contributed by atoms with E-state index in [1.54, 1.807) is 0 Å². The molecule has 1 aromatic rings. The van der Waals surface area contributed by atoms with Crippen molar-refractivity contribution in [1.29, 1.82) is 0 Å². The van der Waals surface area contributed by atoms with E-state index < -0.39 is 0 Å². The lowest BCUT2D eigenvalue weighted by Gasteiger charge is -2.33. The van der Waals surface area contributed by atoms with Gasteiger partial charge >= 0.3 is 0 Å². The summed E-state index contributed by atoms with van der Waals surface area (Å²) >= 11 is 0. The number of benzene rings is 1. The first-order valence-electron chi connectivity index (χ1n) is 9.46. The van der Waals surface area contributed by atoms with Gasteiger partial charge < -0.3 is 10.4 Å². The quantitative estimate of drug-likeness (QED) is 0.873. The summed E-state index contributed by atoms with van der Waals surface area (Å²) in [6.07, 6.45) is 7.97. The van der Waals surface area contributed by atoms with Gasteiger partial charge in [0.15, 0.2) is 0 Å². The standard InChI is InChI=1S/C20H30N2O2/c23-15-17-8-6-16(7-9-17)14-22-12-10-19(11-13-22)21-20(24)18-4-2-1-3-5-18/h6-9,18-19,23H,1-5,10-15H2,(H,21,24). The van der Waals surface area contributed by atoms with Gasteiger partial charge in [0.25, 0.3) is 0 Å². The largest absolute Gasteiger partial charge is 0.392 e. The van der Waals surface area contributed by atoms with Crippen LogP contribution in [0.1, 0.15) is 56.1 Å². The first-order valence-corrected chi connectivity index (χ1v) is 9.46. The van der Waals surface area contributed by atoms with Crippen LogP contribution < -0.4 is 5.32 Å². The lowest BCUT2D eigenvalue weighted by molar-refractivity contribution is -0.127. The summed E-state index contributed by atoms with van der Waals surface area (Å²) in [5, 5.41) is 12.4. The summed E-state index contributed by atoms with van der Waals surface area (Å²) in [6.45, 7) is 3.14. The van der Waals surface area contributed by atoms with E-state index in [0.717, 1.165) is 50.9 Å². The highest BCUT2D eigenvalue weighted by atomic mass is 16.3. The van der Waals surface area contributed by atoms with Crippen LogP contribution in [0.5, 0.6) is 0 Å². The van der Waals surface area contributed by atoms with Crippen LogP contribution in [-0.4, -0.2) is 35.0 Å². The fourth-order valence-electron chi connectivity index (χ4n) is 3.93. The highest BCUT2D eigenvalue weighted by Crippen LogP contribution is 2.24. The van der Waals surface area contributed by atoms with E-state index in [1.165, 1.54) is 24.8 Å². The molecule has 1 aromatic carbocycles. The van der Waals surface area contributed by atoms with Gasteiger partial charge in [0.2, 0.25) is 5.91 Å². The SMILES string of the molecule is O=C(NC1CCN(Cc2ccc(CO)cc2)CC1)C1CCCCC1. The molecule has 4 nitrogen and oxygen atoms in total. The van der Waals surface area contributed by atoms with Gasteiger partial charge in [-0.2, -0.15) is 0 Å².